The lowest BCUT2D eigenvalue weighted by atomic mass is 9.88. The maximum atomic E-state index is 12.3. The van der Waals surface area contributed by atoms with Gasteiger partial charge in [0.25, 0.3) is 0 Å². The van der Waals surface area contributed by atoms with Gasteiger partial charge in [-0.3, -0.25) is 4.79 Å². The van der Waals surface area contributed by atoms with Crippen LogP contribution in [0.1, 0.15) is 24.5 Å². The minimum absolute atomic E-state index is 0.381. The van der Waals surface area contributed by atoms with Crippen LogP contribution in [0.2, 0.25) is 0 Å². The third kappa shape index (κ3) is 3.80. The van der Waals surface area contributed by atoms with Crippen molar-refractivity contribution >= 4 is 11.9 Å². The van der Waals surface area contributed by atoms with Crippen LogP contribution in [0.4, 0.5) is 0 Å². The van der Waals surface area contributed by atoms with Crippen molar-refractivity contribution in [3.63, 3.8) is 0 Å². The molecule has 1 heterocycles. The summed E-state index contributed by atoms with van der Waals surface area (Å²) in [6.45, 7) is -0.0592. The molecule has 21 heavy (non-hydrogen) atoms. The molecule has 0 aromatic heterocycles. The molecule has 2 rings (SSSR count). The van der Waals surface area contributed by atoms with Gasteiger partial charge in [-0.2, -0.15) is 0 Å². The molecule has 0 saturated carbocycles. The minimum Gasteiger partial charge on any atom is -0.480 e. The van der Waals surface area contributed by atoms with E-state index >= 15 is 0 Å². The second kappa shape index (κ2) is 7.19. The highest BCUT2D eigenvalue weighted by molar-refractivity contribution is 5.85. The van der Waals surface area contributed by atoms with Crippen LogP contribution in [-0.4, -0.2) is 41.3 Å². The Morgan fingerprint density at radius 2 is 2.05 bits per heavy atom. The Balaban J connectivity index is 2.11. The zero-order valence-electron chi connectivity index (χ0n) is 11.6. The van der Waals surface area contributed by atoms with E-state index in [1.807, 2.05) is 30.3 Å². The number of carboxylic acids is 1. The highest BCUT2D eigenvalue weighted by atomic mass is 16.5. The van der Waals surface area contributed by atoms with Crippen molar-refractivity contribution in [2.24, 2.45) is 5.92 Å². The molecule has 6 nitrogen and oxygen atoms in total. The van der Waals surface area contributed by atoms with Gasteiger partial charge in [0.2, 0.25) is 5.91 Å². The summed E-state index contributed by atoms with van der Waals surface area (Å²) >= 11 is 0. The molecule has 1 aromatic carbocycles. The molecule has 1 aliphatic heterocycles. The molecule has 1 saturated heterocycles. The molecule has 1 fully saturated rings. The molecule has 0 aliphatic carbocycles. The predicted molar refractivity (Wildman–Crippen MR) is 74.5 cm³/mol. The Hall–Kier alpha value is -1.92. The fourth-order valence-electron chi connectivity index (χ4n) is 2.49. The highest BCUT2D eigenvalue weighted by Crippen LogP contribution is 2.33. The predicted octanol–water partition coefficient (Wildman–Crippen LogP) is 0.716. The van der Waals surface area contributed by atoms with E-state index in [4.69, 9.17) is 14.9 Å². The Morgan fingerprint density at radius 1 is 1.33 bits per heavy atom. The number of aliphatic hydroxyl groups excluding tert-OH is 1. The molecule has 0 spiro atoms. The second-order valence-electron chi connectivity index (χ2n) is 5.03. The smallest absolute Gasteiger partial charge is 0.328 e. The lowest BCUT2D eigenvalue weighted by Gasteiger charge is -2.31. The molecule has 1 amide bonds. The van der Waals surface area contributed by atoms with Gasteiger partial charge in [-0.1, -0.05) is 30.3 Å². The summed E-state index contributed by atoms with van der Waals surface area (Å²) in [5.74, 6) is -2.10. The summed E-state index contributed by atoms with van der Waals surface area (Å²) in [7, 11) is 0. The monoisotopic (exact) mass is 293 g/mol. The first-order chi connectivity index (χ1) is 10.1. The SMILES string of the molecule is O=C(O)C(CO)NC(=O)C1CCCOC1c1ccccc1. The highest BCUT2D eigenvalue weighted by Gasteiger charge is 2.34. The Kier molecular flexibility index (Phi) is 5.30. The van der Waals surface area contributed by atoms with Gasteiger partial charge in [0.05, 0.1) is 18.6 Å². The second-order valence-corrected chi connectivity index (χ2v) is 5.03. The van der Waals surface area contributed by atoms with Crippen LogP contribution >= 0.6 is 0 Å². The number of aliphatic carboxylic acids is 1. The molecule has 114 valence electrons. The molecule has 1 aliphatic rings. The number of carboxylic acid groups (broad SMARTS) is 1. The van der Waals surface area contributed by atoms with Crippen molar-refractivity contribution in [1.82, 2.24) is 5.32 Å². The van der Waals surface area contributed by atoms with E-state index in [2.05, 4.69) is 5.32 Å². The molecule has 3 unspecified atom stereocenters. The quantitative estimate of drug-likeness (QED) is 0.743. The van der Waals surface area contributed by atoms with E-state index < -0.39 is 30.4 Å². The zero-order valence-corrected chi connectivity index (χ0v) is 11.6. The van der Waals surface area contributed by atoms with Crippen LogP contribution in [0, 0.1) is 5.92 Å². The third-order valence-electron chi connectivity index (χ3n) is 3.58. The van der Waals surface area contributed by atoms with Gasteiger partial charge >= 0.3 is 5.97 Å². The summed E-state index contributed by atoms with van der Waals surface area (Å²) in [4.78, 5) is 23.2. The molecule has 3 atom stereocenters. The number of amides is 1. The van der Waals surface area contributed by atoms with Crippen LogP contribution in [0.3, 0.4) is 0 Å². The summed E-state index contributed by atoms with van der Waals surface area (Å²) in [5.41, 5.74) is 0.897. The molecule has 1 aromatic rings. The van der Waals surface area contributed by atoms with Crippen molar-refractivity contribution in [3.05, 3.63) is 35.9 Å². The Labute approximate surface area is 122 Å². The Morgan fingerprint density at radius 3 is 2.67 bits per heavy atom. The van der Waals surface area contributed by atoms with Crippen molar-refractivity contribution in [3.8, 4) is 0 Å². The largest absolute Gasteiger partial charge is 0.480 e. The van der Waals surface area contributed by atoms with E-state index in [1.165, 1.54) is 0 Å². The summed E-state index contributed by atoms with van der Waals surface area (Å²) < 4.78 is 5.70. The van der Waals surface area contributed by atoms with Crippen LogP contribution in [0.25, 0.3) is 0 Å². The number of carbonyl (C=O) groups is 2. The number of benzene rings is 1. The maximum absolute atomic E-state index is 12.3. The van der Waals surface area contributed by atoms with E-state index in [9.17, 15) is 9.59 Å². The van der Waals surface area contributed by atoms with Gasteiger partial charge in [0.15, 0.2) is 0 Å². The van der Waals surface area contributed by atoms with Gasteiger partial charge in [-0.05, 0) is 18.4 Å². The molecule has 0 bridgehead atoms. The number of rotatable bonds is 5. The fraction of sp³-hybridized carbons (Fsp3) is 0.467. The number of aliphatic hydroxyl groups is 1. The van der Waals surface area contributed by atoms with Crippen LogP contribution in [0.15, 0.2) is 30.3 Å². The van der Waals surface area contributed by atoms with Crippen molar-refractivity contribution in [2.45, 2.75) is 25.0 Å². The molecule has 3 N–H and O–H groups in total. The zero-order chi connectivity index (χ0) is 15.2. The summed E-state index contributed by atoms with van der Waals surface area (Å²) in [6.07, 6.45) is 0.995. The molecule has 6 heteroatoms. The molecule has 0 radical (unpaired) electrons. The van der Waals surface area contributed by atoms with Crippen LogP contribution in [0.5, 0.6) is 0 Å². The molecular weight excluding hydrogens is 274 g/mol. The van der Waals surface area contributed by atoms with E-state index in [0.29, 0.717) is 13.0 Å². The van der Waals surface area contributed by atoms with E-state index in [0.717, 1.165) is 12.0 Å². The number of hydrogen-bond acceptors (Lipinski definition) is 4. The average Bonchev–Trinajstić information content (AvgIpc) is 2.53. The first-order valence-electron chi connectivity index (χ1n) is 6.94. The van der Waals surface area contributed by atoms with Crippen LogP contribution < -0.4 is 5.32 Å². The lowest BCUT2D eigenvalue weighted by molar-refractivity contribution is -0.146. The topological polar surface area (TPSA) is 95.9 Å². The van der Waals surface area contributed by atoms with Crippen molar-refractivity contribution < 1.29 is 24.5 Å². The van der Waals surface area contributed by atoms with Gasteiger partial charge in [-0.15, -0.1) is 0 Å². The first-order valence-corrected chi connectivity index (χ1v) is 6.94. The fourth-order valence-corrected chi connectivity index (χ4v) is 2.49. The van der Waals surface area contributed by atoms with Gasteiger partial charge in [-0.25, -0.2) is 4.79 Å². The third-order valence-corrected chi connectivity index (χ3v) is 3.58. The van der Waals surface area contributed by atoms with Gasteiger partial charge in [0, 0.05) is 6.61 Å². The Bertz CT molecular complexity index is 490. The van der Waals surface area contributed by atoms with Gasteiger partial charge < -0.3 is 20.3 Å². The van der Waals surface area contributed by atoms with Crippen molar-refractivity contribution in [1.29, 1.82) is 0 Å². The first kappa shape index (κ1) is 15.5. The number of ether oxygens (including phenoxy) is 1. The van der Waals surface area contributed by atoms with Gasteiger partial charge in [0.1, 0.15) is 6.04 Å². The molecular formula is C15H19NO5. The maximum Gasteiger partial charge on any atom is 0.328 e. The number of hydrogen-bond donors (Lipinski definition) is 3. The average molecular weight is 293 g/mol. The van der Waals surface area contributed by atoms with E-state index in [1.54, 1.807) is 0 Å². The minimum atomic E-state index is -1.28. The number of carbonyl (C=O) groups excluding carboxylic acids is 1. The normalized spacial score (nSPS) is 23.3. The lowest BCUT2D eigenvalue weighted by Crippen LogP contribution is -2.47. The summed E-state index contributed by atoms with van der Waals surface area (Å²) in [6, 6.07) is 8.11. The standard InChI is InChI=1S/C15H19NO5/c17-9-12(15(19)20)16-14(18)11-7-4-8-21-13(11)10-5-2-1-3-6-10/h1-3,5-6,11-13,17H,4,7-9H2,(H,16,18)(H,19,20). The van der Waals surface area contributed by atoms with Crippen LogP contribution in [-0.2, 0) is 14.3 Å². The summed E-state index contributed by atoms with van der Waals surface area (Å²) in [5, 5.41) is 20.3. The number of nitrogens with one attached hydrogen (secondary N) is 1. The van der Waals surface area contributed by atoms with Crippen molar-refractivity contribution in [2.75, 3.05) is 13.2 Å². The van der Waals surface area contributed by atoms with E-state index in [-0.39, 0.29) is 6.10 Å².